The lowest BCUT2D eigenvalue weighted by Gasteiger charge is -2.10. The van der Waals surface area contributed by atoms with Crippen molar-refractivity contribution in [2.75, 3.05) is 4.72 Å². The molecule has 0 unspecified atom stereocenters. The SMILES string of the molecule is Cc1cc(Br)c(NS(=O)(=O)c2cc(C)c(CN)s2)cc1Cl. The number of thiophene rings is 1. The molecule has 0 aliphatic carbocycles. The second-order valence-corrected chi connectivity index (χ2v) is 8.87. The van der Waals surface area contributed by atoms with Crippen LogP contribution in [0.25, 0.3) is 0 Å². The van der Waals surface area contributed by atoms with Crippen molar-refractivity contribution in [1.82, 2.24) is 0 Å². The number of rotatable bonds is 4. The van der Waals surface area contributed by atoms with Crippen molar-refractivity contribution < 1.29 is 8.42 Å². The van der Waals surface area contributed by atoms with Crippen LogP contribution >= 0.6 is 38.9 Å². The maximum absolute atomic E-state index is 12.4. The summed E-state index contributed by atoms with van der Waals surface area (Å²) in [7, 11) is -3.65. The smallest absolute Gasteiger partial charge is 0.271 e. The van der Waals surface area contributed by atoms with Crippen LogP contribution < -0.4 is 10.5 Å². The Labute approximate surface area is 141 Å². The number of sulfonamides is 1. The van der Waals surface area contributed by atoms with E-state index < -0.39 is 10.0 Å². The molecule has 1 heterocycles. The van der Waals surface area contributed by atoms with Gasteiger partial charge in [0.05, 0.1) is 5.69 Å². The van der Waals surface area contributed by atoms with Crippen molar-refractivity contribution in [1.29, 1.82) is 0 Å². The van der Waals surface area contributed by atoms with Gasteiger partial charge in [-0.3, -0.25) is 4.72 Å². The van der Waals surface area contributed by atoms with Crippen molar-refractivity contribution in [2.24, 2.45) is 5.73 Å². The summed E-state index contributed by atoms with van der Waals surface area (Å²) in [6, 6.07) is 4.98. The number of nitrogens with one attached hydrogen (secondary N) is 1. The maximum atomic E-state index is 12.4. The van der Waals surface area contributed by atoms with Crippen molar-refractivity contribution in [2.45, 2.75) is 24.6 Å². The van der Waals surface area contributed by atoms with Crippen LogP contribution in [0.15, 0.2) is 26.9 Å². The standard InChI is InChI=1S/C13H14BrClN2O2S2/c1-7-3-9(14)11(5-10(7)15)17-21(18,19)13-4-8(2)12(6-16)20-13/h3-5,17H,6,16H2,1-2H3. The molecule has 0 saturated carbocycles. The summed E-state index contributed by atoms with van der Waals surface area (Å²) in [4.78, 5) is 0.858. The van der Waals surface area contributed by atoms with Gasteiger partial charge in [0.25, 0.3) is 10.0 Å². The average Bonchev–Trinajstić information content (AvgIpc) is 2.78. The van der Waals surface area contributed by atoms with E-state index >= 15 is 0 Å². The Morgan fingerprint density at radius 1 is 1.29 bits per heavy atom. The summed E-state index contributed by atoms with van der Waals surface area (Å²) in [6.07, 6.45) is 0. The fourth-order valence-electron chi connectivity index (χ4n) is 1.74. The van der Waals surface area contributed by atoms with E-state index in [1.807, 2.05) is 13.8 Å². The molecule has 0 fully saturated rings. The summed E-state index contributed by atoms with van der Waals surface area (Å²) < 4.78 is 28.3. The van der Waals surface area contributed by atoms with Gasteiger partial charge in [-0.25, -0.2) is 8.42 Å². The third kappa shape index (κ3) is 3.60. The van der Waals surface area contributed by atoms with Crippen LogP contribution in [0.1, 0.15) is 16.0 Å². The summed E-state index contributed by atoms with van der Waals surface area (Å²) >= 11 is 10.6. The Bertz CT molecular complexity index is 788. The summed E-state index contributed by atoms with van der Waals surface area (Å²) in [5.41, 5.74) is 7.74. The first-order chi connectivity index (χ1) is 9.74. The average molecular weight is 410 g/mol. The second kappa shape index (κ2) is 6.26. The molecule has 0 radical (unpaired) electrons. The molecule has 0 aliphatic rings. The van der Waals surface area contributed by atoms with Crippen LogP contribution in [0.4, 0.5) is 5.69 Å². The predicted molar refractivity (Wildman–Crippen MR) is 91.6 cm³/mol. The minimum Gasteiger partial charge on any atom is -0.326 e. The lowest BCUT2D eigenvalue weighted by molar-refractivity contribution is 0.603. The lowest BCUT2D eigenvalue weighted by atomic mass is 10.2. The maximum Gasteiger partial charge on any atom is 0.271 e. The summed E-state index contributed by atoms with van der Waals surface area (Å²) in [5, 5.41) is 0.501. The quantitative estimate of drug-likeness (QED) is 0.800. The van der Waals surface area contributed by atoms with E-state index in [-0.39, 0.29) is 4.21 Å². The normalized spacial score (nSPS) is 11.7. The molecule has 0 spiro atoms. The molecule has 4 nitrogen and oxygen atoms in total. The van der Waals surface area contributed by atoms with Crippen LogP contribution in [0.5, 0.6) is 0 Å². The first-order valence-electron chi connectivity index (χ1n) is 6.02. The largest absolute Gasteiger partial charge is 0.326 e. The van der Waals surface area contributed by atoms with Gasteiger partial charge in [-0.15, -0.1) is 11.3 Å². The Hall–Kier alpha value is -0.600. The first-order valence-corrected chi connectivity index (χ1v) is 9.49. The molecular formula is C13H14BrClN2O2S2. The number of halogens is 2. The van der Waals surface area contributed by atoms with Crippen LogP contribution in [0, 0.1) is 13.8 Å². The molecular weight excluding hydrogens is 396 g/mol. The van der Waals surface area contributed by atoms with E-state index in [4.69, 9.17) is 17.3 Å². The third-order valence-corrected chi connectivity index (χ3v) is 7.10. The zero-order valence-corrected chi connectivity index (χ0v) is 15.4. The zero-order valence-electron chi connectivity index (χ0n) is 11.4. The van der Waals surface area contributed by atoms with Crippen LogP contribution in [-0.2, 0) is 16.6 Å². The third-order valence-electron chi connectivity index (χ3n) is 2.94. The molecule has 3 N–H and O–H groups in total. The predicted octanol–water partition coefficient (Wildman–Crippen LogP) is 4.04. The van der Waals surface area contributed by atoms with Crippen LogP contribution in [0.3, 0.4) is 0 Å². The molecule has 2 rings (SSSR count). The van der Waals surface area contributed by atoms with E-state index in [2.05, 4.69) is 20.7 Å². The molecule has 1 aromatic heterocycles. The van der Waals surface area contributed by atoms with Crippen LogP contribution in [-0.4, -0.2) is 8.42 Å². The minimum absolute atomic E-state index is 0.240. The van der Waals surface area contributed by atoms with Crippen molar-refractivity contribution >= 4 is 54.6 Å². The van der Waals surface area contributed by atoms with E-state index in [0.29, 0.717) is 21.7 Å². The fourth-order valence-corrected chi connectivity index (χ4v) is 5.13. The van der Waals surface area contributed by atoms with Crippen LogP contribution in [0.2, 0.25) is 5.02 Å². The molecule has 2 aromatic rings. The minimum atomic E-state index is -3.65. The van der Waals surface area contributed by atoms with Gasteiger partial charge in [0, 0.05) is 20.9 Å². The van der Waals surface area contributed by atoms with Gasteiger partial charge < -0.3 is 5.73 Å². The highest BCUT2D eigenvalue weighted by Gasteiger charge is 2.20. The monoisotopic (exact) mass is 408 g/mol. The Balaban J connectivity index is 2.39. The Kier molecular flexibility index (Phi) is 4.99. The van der Waals surface area contributed by atoms with Gasteiger partial charge in [0.1, 0.15) is 4.21 Å². The fraction of sp³-hybridized carbons (Fsp3) is 0.231. The molecule has 0 aliphatic heterocycles. The van der Waals surface area contributed by atoms with Crippen molar-refractivity contribution in [3.63, 3.8) is 0 Å². The number of hydrogen-bond donors (Lipinski definition) is 2. The molecule has 1 aromatic carbocycles. The molecule has 21 heavy (non-hydrogen) atoms. The summed E-state index contributed by atoms with van der Waals surface area (Å²) in [5.74, 6) is 0. The van der Waals surface area contributed by atoms with Gasteiger partial charge in [0.15, 0.2) is 0 Å². The van der Waals surface area contributed by atoms with E-state index in [1.54, 1.807) is 18.2 Å². The van der Waals surface area contributed by atoms with Gasteiger partial charge in [-0.1, -0.05) is 11.6 Å². The highest BCUT2D eigenvalue weighted by Crippen LogP contribution is 2.32. The second-order valence-electron chi connectivity index (χ2n) is 4.56. The molecule has 0 amide bonds. The number of nitrogens with two attached hydrogens (primary N) is 1. The molecule has 0 saturated heterocycles. The lowest BCUT2D eigenvalue weighted by Crippen LogP contribution is -2.12. The zero-order chi connectivity index (χ0) is 15.8. The molecule has 0 atom stereocenters. The van der Waals surface area contributed by atoms with Crippen molar-refractivity contribution in [3.8, 4) is 0 Å². The number of hydrogen-bond acceptors (Lipinski definition) is 4. The molecule has 114 valence electrons. The van der Waals surface area contributed by atoms with Gasteiger partial charge in [-0.05, 0) is 59.1 Å². The first kappa shape index (κ1) is 16.8. The van der Waals surface area contributed by atoms with Gasteiger partial charge in [-0.2, -0.15) is 0 Å². The van der Waals surface area contributed by atoms with E-state index in [9.17, 15) is 8.42 Å². The van der Waals surface area contributed by atoms with E-state index in [1.165, 1.54) is 11.3 Å². The Morgan fingerprint density at radius 2 is 1.95 bits per heavy atom. The van der Waals surface area contributed by atoms with E-state index in [0.717, 1.165) is 16.0 Å². The number of benzene rings is 1. The topological polar surface area (TPSA) is 72.2 Å². The Morgan fingerprint density at radius 3 is 2.52 bits per heavy atom. The summed E-state index contributed by atoms with van der Waals surface area (Å²) in [6.45, 7) is 4.02. The van der Waals surface area contributed by atoms with Crippen molar-refractivity contribution in [3.05, 3.63) is 43.7 Å². The number of anilines is 1. The van der Waals surface area contributed by atoms with Gasteiger partial charge in [0.2, 0.25) is 0 Å². The number of aryl methyl sites for hydroxylation is 2. The molecule has 0 bridgehead atoms. The van der Waals surface area contributed by atoms with Gasteiger partial charge >= 0.3 is 0 Å². The molecule has 8 heteroatoms. The highest BCUT2D eigenvalue weighted by molar-refractivity contribution is 9.10. The highest BCUT2D eigenvalue weighted by atomic mass is 79.9.